The van der Waals surface area contributed by atoms with Crippen LogP contribution in [0.1, 0.15) is 0 Å². The van der Waals surface area contributed by atoms with Crippen LogP contribution in [0.2, 0.25) is 5.15 Å². The molecule has 66 valence electrons. The number of rotatable bonds is 0. The van der Waals surface area contributed by atoms with Crippen molar-refractivity contribution in [1.82, 2.24) is 4.98 Å². The van der Waals surface area contributed by atoms with Crippen molar-refractivity contribution in [2.75, 3.05) is 5.73 Å². The first-order valence-electron chi connectivity index (χ1n) is 3.68. The van der Waals surface area contributed by atoms with Crippen molar-refractivity contribution in [2.45, 2.75) is 0 Å². The fourth-order valence-electron chi connectivity index (χ4n) is 1.22. The smallest absolute Gasteiger partial charge is 0.146 e. The van der Waals surface area contributed by atoms with Crippen LogP contribution in [0.5, 0.6) is 0 Å². The van der Waals surface area contributed by atoms with Gasteiger partial charge in [-0.15, -0.1) is 0 Å². The summed E-state index contributed by atoms with van der Waals surface area (Å²) in [6.07, 6.45) is 1.50. The molecule has 4 heteroatoms. The maximum atomic E-state index is 13.0. The van der Waals surface area contributed by atoms with Crippen molar-refractivity contribution in [3.8, 4) is 0 Å². The number of hydrogen-bond acceptors (Lipinski definition) is 2. The second kappa shape index (κ2) is 2.85. The van der Waals surface area contributed by atoms with Gasteiger partial charge in [0.15, 0.2) is 0 Å². The van der Waals surface area contributed by atoms with Crippen molar-refractivity contribution in [3.05, 3.63) is 35.4 Å². The third kappa shape index (κ3) is 1.21. The zero-order chi connectivity index (χ0) is 9.42. The van der Waals surface area contributed by atoms with Crippen molar-refractivity contribution in [1.29, 1.82) is 0 Å². The molecule has 13 heavy (non-hydrogen) atoms. The van der Waals surface area contributed by atoms with Gasteiger partial charge in [0.2, 0.25) is 0 Å². The highest BCUT2D eigenvalue weighted by atomic mass is 35.5. The lowest BCUT2D eigenvalue weighted by Crippen LogP contribution is -1.92. The molecular formula is C9H6ClFN2. The third-order valence-corrected chi connectivity index (χ3v) is 2.19. The minimum absolute atomic E-state index is 0.113. The Labute approximate surface area is 79.1 Å². The number of benzene rings is 1. The van der Waals surface area contributed by atoms with Crippen LogP contribution in [0.15, 0.2) is 24.4 Å². The highest BCUT2D eigenvalue weighted by Crippen LogP contribution is 2.27. The number of nitrogen functional groups attached to an aromatic ring is 1. The molecule has 1 heterocycles. The molecule has 0 saturated heterocycles. The van der Waals surface area contributed by atoms with Gasteiger partial charge < -0.3 is 5.73 Å². The average molecular weight is 197 g/mol. The Bertz CT molecular complexity index is 470. The molecule has 0 fully saturated rings. The number of hydrogen-bond donors (Lipinski definition) is 1. The monoisotopic (exact) mass is 196 g/mol. The van der Waals surface area contributed by atoms with Crippen LogP contribution < -0.4 is 5.73 Å². The molecule has 2 nitrogen and oxygen atoms in total. The van der Waals surface area contributed by atoms with Gasteiger partial charge in [0.05, 0.1) is 5.69 Å². The quantitative estimate of drug-likeness (QED) is 0.520. The molecule has 0 aliphatic rings. The van der Waals surface area contributed by atoms with Gasteiger partial charge in [0.25, 0.3) is 0 Å². The summed E-state index contributed by atoms with van der Waals surface area (Å²) in [5.74, 6) is -0.435. The second-order valence-electron chi connectivity index (χ2n) is 2.66. The van der Waals surface area contributed by atoms with E-state index >= 15 is 0 Å². The van der Waals surface area contributed by atoms with E-state index in [1.54, 1.807) is 12.1 Å². The lowest BCUT2D eigenvalue weighted by Gasteiger charge is -2.03. The standard InChI is InChI=1S/C9H6ClFN2/c10-9-6-1-2-7(11)8(12)5(6)3-4-13-9/h1-4H,12H2. The fraction of sp³-hybridized carbons (Fsp3) is 0. The Hall–Kier alpha value is -1.35. The van der Waals surface area contributed by atoms with E-state index in [2.05, 4.69) is 4.98 Å². The lowest BCUT2D eigenvalue weighted by atomic mass is 10.1. The zero-order valence-corrected chi connectivity index (χ0v) is 7.35. The Balaban J connectivity index is 2.94. The summed E-state index contributed by atoms with van der Waals surface area (Å²) in [6, 6.07) is 4.49. The molecule has 1 aromatic heterocycles. The highest BCUT2D eigenvalue weighted by Gasteiger charge is 2.05. The molecule has 0 unspecified atom stereocenters. The predicted molar refractivity (Wildman–Crippen MR) is 51.1 cm³/mol. The van der Waals surface area contributed by atoms with Gasteiger partial charge in [0.1, 0.15) is 11.0 Å². The molecule has 2 rings (SSSR count). The van der Waals surface area contributed by atoms with E-state index in [1.165, 1.54) is 12.3 Å². The van der Waals surface area contributed by atoms with Crippen molar-refractivity contribution < 1.29 is 4.39 Å². The number of halogens is 2. The van der Waals surface area contributed by atoms with E-state index in [0.717, 1.165) is 0 Å². The minimum Gasteiger partial charge on any atom is -0.396 e. The van der Waals surface area contributed by atoms with E-state index in [1.807, 2.05) is 0 Å². The fourth-order valence-corrected chi connectivity index (χ4v) is 1.44. The number of aromatic nitrogens is 1. The van der Waals surface area contributed by atoms with E-state index in [4.69, 9.17) is 17.3 Å². The maximum absolute atomic E-state index is 13.0. The molecule has 2 aromatic rings. The van der Waals surface area contributed by atoms with Crippen molar-refractivity contribution in [2.24, 2.45) is 0 Å². The van der Waals surface area contributed by atoms with E-state index in [9.17, 15) is 4.39 Å². The van der Waals surface area contributed by atoms with Gasteiger partial charge in [0, 0.05) is 17.0 Å². The van der Waals surface area contributed by atoms with Crippen LogP contribution in [-0.2, 0) is 0 Å². The third-order valence-electron chi connectivity index (χ3n) is 1.89. The normalized spacial score (nSPS) is 10.6. The summed E-state index contributed by atoms with van der Waals surface area (Å²) >= 11 is 5.79. The summed E-state index contributed by atoms with van der Waals surface area (Å²) in [6.45, 7) is 0. The van der Waals surface area contributed by atoms with Gasteiger partial charge in [-0.3, -0.25) is 0 Å². The van der Waals surface area contributed by atoms with E-state index < -0.39 is 5.82 Å². The van der Waals surface area contributed by atoms with E-state index in [-0.39, 0.29) is 5.69 Å². The number of pyridine rings is 1. The van der Waals surface area contributed by atoms with Crippen LogP contribution in [-0.4, -0.2) is 4.98 Å². The summed E-state index contributed by atoms with van der Waals surface area (Å²) in [4.78, 5) is 3.87. The summed E-state index contributed by atoms with van der Waals surface area (Å²) < 4.78 is 13.0. The van der Waals surface area contributed by atoms with Gasteiger partial charge >= 0.3 is 0 Å². The topological polar surface area (TPSA) is 38.9 Å². The van der Waals surface area contributed by atoms with Gasteiger partial charge in [-0.25, -0.2) is 9.37 Å². The van der Waals surface area contributed by atoms with Gasteiger partial charge in [-0.05, 0) is 18.2 Å². The van der Waals surface area contributed by atoms with Crippen LogP contribution in [0, 0.1) is 5.82 Å². The van der Waals surface area contributed by atoms with Crippen molar-refractivity contribution >= 4 is 28.1 Å². The summed E-state index contributed by atoms with van der Waals surface area (Å²) in [5, 5.41) is 1.60. The largest absolute Gasteiger partial charge is 0.396 e. The van der Waals surface area contributed by atoms with Gasteiger partial charge in [-0.1, -0.05) is 11.6 Å². The van der Waals surface area contributed by atoms with Gasteiger partial charge in [-0.2, -0.15) is 0 Å². The second-order valence-corrected chi connectivity index (χ2v) is 3.02. The predicted octanol–water partition coefficient (Wildman–Crippen LogP) is 2.61. The first-order valence-corrected chi connectivity index (χ1v) is 4.06. The summed E-state index contributed by atoms with van der Waals surface area (Å²) in [7, 11) is 0. The average Bonchev–Trinajstić information content (AvgIpc) is 2.12. The molecule has 1 aromatic carbocycles. The first-order chi connectivity index (χ1) is 6.20. The number of nitrogens with zero attached hydrogens (tertiary/aromatic N) is 1. The maximum Gasteiger partial charge on any atom is 0.146 e. The zero-order valence-electron chi connectivity index (χ0n) is 6.59. The molecule has 2 N–H and O–H groups in total. The first kappa shape index (κ1) is 8.26. The Morgan fingerprint density at radius 2 is 2.00 bits per heavy atom. The molecule has 0 radical (unpaired) electrons. The Morgan fingerprint density at radius 3 is 2.77 bits per heavy atom. The Kier molecular flexibility index (Phi) is 1.81. The molecule has 0 atom stereocenters. The molecule has 0 bridgehead atoms. The highest BCUT2D eigenvalue weighted by molar-refractivity contribution is 6.34. The molecule has 0 spiro atoms. The molecular weight excluding hydrogens is 191 g/mol. The minimum atomic E-state index is -0.435. The number of nitrogens with two attached hydrogens (primary N) is 1. The van der Waals surface area contributed by atoms with Crippen LogP contribution >= 0.6 is 11.6 Å². The van der Waals surface area contributed by atoms with Crippen LogP contribution in [0.3, 0.4) is 0 Å². The van der Waals surface area contributed by atoms with Crippen LogP contribution in [0.4, 0.5) is 10.1 Å². The Morgan fingerprint density at radius 1 is 1.23 bits per heavy atom. The molecule has 0 saturated carbocycles. The summed E-state index contributed by atoms with van der Waals surface area (Å²) in [5.41, 5.74) is 5.64. The SMILES string of the molecule is Nc1c(F)ccc2c(Cl)nccc12. The van der Waals surface area contributed by atoms with Crippen LogP contribution in [0.25, 0.3) is 10.8 Å². The van der Waals surface area contributed by atoms with E-state index in [0.29, 0.717) is 15.9 Å². The number of fused-ring (bicyclic) bond motifs is 1. The lowest BCUT2D eigenvalue weighted by molar-refractivity contribution is 0.634. The van der Waals surface area contributed by atoms with Crippen molar-refractivity contribution in [3.63, 3.8) is 0 Å². The number of anilines is 1. The molecule has 0 aliphatic heterocycles. The molecule has 0 amide bonds. The molecule has 0 aliphatic carbocycles.